The fraction of sp³-hybridized carbons (Fsp3) is 0.476. The van der Waals surface area contributed by atoms with Gasteiger partial charge < -0.3 is 19.5 Å². The summed E-state index contributed by atoms with van der Waals surface area (Å²) in [6.07, 6.45) is -0.302. The number of thiazole rings is 1. The predicted octanol–water partition coefficient (Wildman–Crippen LogP) is 2.08. The SMILES string of the molecule is CNC(=O)COc1ccc(CC(C)N2CC(c3csc(C)n3)OC2C(=O)OC)cc1. The molecule has 1 saturated heterocycles. The van der Waals surface area contributed by atoms with Gasteiger partial charge in [-0.2, -0.15) is 0 Å². The number of aromatic nitrogens is 1. The highest BCUT2D eigenvalue weighted by Crippen LogP contribution is 2.32. The second kappa shape index (κ2) is 10.0. The van der Waals surface area contributed by atoms with Crippen LogP contribution >= 0.6 is 11.3 Å². The van der Waals surface area contributed by atoms with Crippen molar-refractivity contribution in [3.63, 3.8) is 0 Å². The van der Waals surface area contributed by atoms with Crippen molar-refractivity contribution in [1.29, 1.82) is 0 Å². The van der Waals surface area contributed by atoms with Crippen LogP contribution in [0.1, 0.15) is 29.3 Å². The molecule has 2 heterocycles. The molecule has 0 saturated carbocycles. The van der Waals surface area contributed by atoms with Crippen LogP contribution in [0.3, 0.4) is 0 Å². The molecule has 0 aliphatic carbocycles. The van der Waals surface area contributed by atoms with Crippen molar-refractivity contribution in [3.05, 3.63) is 45.9 Å². The monoisotopic (exact) mass is 433 g/mol. The summed E-state index contributed by atoms with van der Waals surface area (Å²) < 4.78 is 16.4. The van der Waals surface area contributed by atoms with Gasteiger partial charge in [0.1, 0.15) is 11.9 Å². The molecule has 0 radical (unpaired) electrons. The number of hydrogen-bond acceptors (Lipinski definition) is 8. The van der Waals surface area contributed by atoms with Crippen LogP contribution in [0.25, 0.3) is 0 Å². The summed E-state index contributed by atoms with van der Waals surface area (Å²) in [5.74, 6) is 0.0422. The zero-order chi connectivity index (χ0) is 21.7. The molecule has 1 amide bonds. The first-order chi connectivity index (χ1) is 14.4. The van der Waals surface area contributed by atoms with Crippen LogP contribution in [0, 0.1) is 6.92 Å². The van der Waals surface area contributed by atoms with Crippen molar-refractivity contribution in [2.75, 3.05) is 27.3 Å². The minimum atomic E-state index is -0.757. The van der Waals surface area contributed by atoms with Gasteiger partial charge in [0, 0.05) is 25.0 Å². The number of amides is 1. The summed E-state index contributed by atoms with van der Waals surface area (Å²) in [7, 11) is 2.94. The molecule has 0 bridgehead atoms. The zero-order valence-electron chi connectivity index (χ0n) is 17.6. The van der Waals surface area contributed by atoms with Gasteiger partial charge in [-0.25, -0.2) is 9.78 Å². The Bertz CT molecular complexity index is 870. The molecule has 1 aromatic heterocycles. The molecule has 9 heteroatoms. The number of likely N-dealkylation sites (N-methyl/N-ethyl adjacent to an activating group) is 1. The minimum Gasteiger partial charge on any atom is -0.484 e. The number of nitrogens with one attached hydrogen (secondary N) is 1. The summed E-state index contributed by atoms with van der Waals surface area (Å²) in [6.45, 7) is 4.56. The predicted molar refractivity (Wildman–Crippen MR) is 112 cm³/mol. The van der Waals surface area contributed by atoms with E-state index in [9.17, 15) is 9.59 Å². The van der Waals surface area contributed by atoms with Crippen LogP contribution in [0.2, 0.25) is 0 Å². The van der Waals surface area contributed by atoms with Crippen molar-refractivity contribution >= 4 is 23.2 Å². The van der Waals surface area contributed by atoms with E-state index in [1.165, 1.54) is 7.11 Å². The Kier molecular flexibility index (Phi) is 7.41. The maximum atomic E-state index is 12.3. The summed E-state index contributed by atoms with van der Waals surface area (Å²) in [5, 5.41) is 5.45. The largest absolute Gasteiger partial charge is 0.484 e. The molecule has 3 atom stereocenters. The first kappa shape index (κ1) is 22.2. The summed E-state index contributed by atoms with van der Waals surface area (Å²) in [4.78, 5) is 30.1. The van der Waals surface area contributed by atoms with Crippen LogP contribution in [-0.2, 0) is 25.5 Å². The maximum Gasteiger partial charge on any atom is 0.350 e. The van der Waals surface area contributed by atoms with Crippen molar-refractivity contribution in [1.82, 2.24) is 15.2 Å². The first-order valence-electron chi connectivity index (χ1n) is 9.74. The number of rotatable bonds is 8. The average molecular weight is 434 g/mol. The molecule has 1 N–H and O–H groups in total. The van der Waals surface area contributed by atoms with Gasteiger partial charge in [-0.3, -0.25) is 9.69 Å². The number of esters is 1. The molecular weight excluding hydrogens is 406 g/mol. The normalized spacial score (nSPS) is 20.0. The number of hydrogen-bond donors (Lipinski definition) is 1. The molecule has 2 aromatic rings. The van der Waals surface area contributed by atoms with E-state index in [1.54, 1.807) is 18.4 Å². The van der Waals surface area contributed by atoms with Crippen LogP contribution in [-0.4, -0.2) is 61.3 Å². The summed E-state index contributed by atoms with van der Waals surface area (Å²) in [5.41, 5.74) is 1.94. The van der Waals surface area contributed by atoms with Crippen LogP contribution in [0.4, 0.5) is 0 Å². The van der Waals surface area contributed by atoms with Gasteiger partial charge in [-0.05, 0) is 38.0 Å². The molecule has 1 aliphatic heterocycles. The van der Waals surface area contributed by atoms with Gasteiger partial charge in [0.25, 0.3) is 5.91 Å². The lowest BCUT2D eigenvalue weighted by Crippen LogP contribution is -2.44. The highest BCUT2D eigenvalue weighted by Gasteiger charge is 2.42. The highest BCUT2D eigenvalue weighted by molar-refractivity contribution is 7.09. The average Bonchev–Trinajstić information content (AvgIpc) is 3.39. The fourth-order valence-corrected chi connectivity index (χ4v) is 4.01. The van der Waals surface area contributed by atoms with E-state index < -0.39 is 12.2 Å². The van der Waals surface area contributed by atoms with Gasteiger partial charge >= 0.3 is 5.97 Å². The lowest BCUT2D eigenvalue weighted by atomic mass is 10.1. The Morgan fingerprint density at radius 2 is 2.10 bits per heavy atom. The smallest absolute Gasteiger partial charge is 0.350 e. The number of carbonyl (C=O) groups is 2. The van der Waals surface area contributed by atoms with Gasteiger partial charge in [-0.1, -0.05) is 12.1 Å². The van der Waals surface area contributed by atoms with Crippen LogP contribution in [0.15, 0.2) is 29.6 Å². The number of methoxy groups -OCH3 is 1. The minimum absolute atomic E-state index is 0.0182. The number of benzene rings is 1. The number of carbonyl (C=O) groups excluding carboxylic acids is 2. The van der Waals surface area contributed by atoms with Gasteiger partial charge in [0.15, 0.2) is 6.61 Å². The molecule has 3 rings (SSSR count). The third-order valence-corrected chi connectivity index (χ3v) is 5.80. The van der Waals surface area contributed by atoms with Crippen molar-refractivity contribution < 1.29 is 23.8 Å². The third kappa shape index (κ3) is 5.35. The van der Waals surface area contributed by atoms with E-state index in [4.69, 9.17) is 14.2 Å². The van der Waals surface area contributed by atoms with Crippen LogP contribution < -0.4 is 10.1 Å². The van der Waals surface area contributed by atoms with E-state index in [0.29, 0.717) is 12.3 Å². The maximum absolute atomic E-state index is 12.3. The summed E-state index contributed by atoms with van der Waals surface area (Å²) >= 11 is 1.56. The van der Waals surface area contributed by atoms with Crippen molar-refractivity contribution in [2.24, 2.45) is 0 Å². The lowest BCUT2D eigenvalue weighted by Gasteiger charge is -2.27. The number of ether oxygens (including phenoxy) is 3. The molecule has 1 aromatic carbocycles. The lowest BCUT2D eigenvalue weighted by molar-refractivity contribution is -0.162. The molecule has 162 valence electrons. The molecule has 1 fully saturated rings. The van der Waals surface area contributed by atoms with Crippen molar-refractivity contribution in [3.8, 4) is 5.75 Å². The highest BCUT2D eigenvalue weighted by atomic mass is 32.1. The van der Waals surface area contributed by atoms with E-state index in [1.807, 2.05) is 41.5 Å². The number of nitrogens with zero attached hydrogens (tertiary/aromatic N) is 2. The Balaban J connectivity index is 1.65. The Hall–Kier alpha value is -2.49. The van der Waals surface area contributed by atoms with E-state index in [0.717, 1.165) is 22.7 Å². The fourth-order valence-electron chi connectivity index (χ4n) is 3.36. The van der Waals surface area contributed by atoms with E-state index >= 15 is 0 Å². The van der Waals surface area contributed by atoms with Crippen LogP contribution in [0.5, 0.6) is 5.75 Å². The topological polar surface area (TPSA) is 90.0 Å². The first-order valence-corrected chi connectivity index (χ1v) is 10.6. The zero-order valence-corrected chi connectivity index (χ0v) is 18.4. The molecule has 1 aliphatic rings. The molecule has 30 heavy (non-hydrogen) atoms. The quantitative estimate of drug-likeness (QED) is 0.638. The van der Waals surface area contributed by atoms with E-state index in [2.05, 4.69) is 17.2 Å². The van der Waals surface area contributed by atoms with Crippen molar-refractivity contribution in [2.45, 2.75) is 38.6 Å². The molecule has 8 nitrogen and oxygen atoms in total. The Morgan fingerprint density at radius 1 is 1.37 bits per heavy atom. The Morgan fingerprint density at radius 3 is 2.70 bits per heavy atom. The van der Waals surface area contributed by atoms with E-state index in [-0.39, 0.29) is 24.7 Å². The molecular formula is C21H27N3O5S. The standard InChI is InChI=1S/C21H27N3O5S/c1-13(9-15-5-7-16(8-6-15)28-11-19(25)22-3)24-10-18(17-12-30-14(2)23-17)29-20(24)21(26)27-4/h5-8,12-13,18,20H,9-11H2,1-4H3,(H,22,25). The van der Waals surface area contributed by atoms with Gasteiger partial charge in [-0.15, -0.1) is 11.3 Å². The second-order valence-corrected chi connectivity index (χ2v) is 8.21. The molecule has 3 unspecified atom stereocenters. The summed E-state index contributed by atoms with van der Waals surface area (Å²) in [6, 6.07) is 7.63. The van der Waals surface area contributed by atoms with Gasteiger partial charge in [0.05, 0.1) is 17.8 Å². The van der Waals surface area contributed by atoms with Gasteiger partial charge in [0.2, 0.25) is 6.23 Å². The number of aryl methyl sites for hydroxylation is 1. The molecule has 0 spiro atoms. The Labute approximate surface area is 180 Å². The third-order valence-electron chi connectivity index (χ3n) is 5.01. The second-order valence-electron chi connectivity index (χ2n) is 7.15.